The smallest absolute Gasteiger partial charge is 0.191 e. The van der Waals surface area contributed by atoms with E-state index in [0.717, 1.165) is 30.6 Å². The first-order valence-electron chi connectivity index (χ1n) is 7.71. The number of thiazole rings is 1. The quantitative estimate of drug-likeness (QED) is 0.432. The maximum Gasteiger partial charge on any atom is 0.191 e. The highest BCUT2D eigenvalue weighted by atomic mass is 127. The molecule has 0 aliphatic carbocycles. The molecule has 1 saturated heterocycles. The third kappa shape index (κ3) is 6.00. The Morgan fingerprint density at radius 2 is 2.14 bits per heavy atom. The molecule has 5 nitrogen and oxygen atoms in total. The Hall–Kier alpha value is -0.410. The monoisotopic (exact) mass is 437 g/mol. The van der Waals surface area contributed by atoms with Crippen molar-refractivity contribution in [3.8, 4) is 0 Å². The van der Waals surface area contributed by atoms with E-state index in [1.54, 1.807) is 11.3 Å². The summed E-state index contributed by atoms with van der Waals surface area (Å²) in [7, 11) is 1.83. The molecule has 1 aliphatic rings. The van der Waals surface area contributed by atoms with Gasteiger partial charge in [-0.2, -0.15) is 0 Å². The Bertz CT molecular complexity index is 466. The summed E-state index contributed by atoms with van der Waals surface area (Å²) in [5.74, 6) is 0.880. The number of hydrogen-bond acceptors (Lipinski definition) is 4. The van der Waals surface area contributed by atoms with Crippen LogP contribution in [0.4, 0.5) is 0 Å². The summed E-state index contributed by atoms with van der Waals surface area (Å²) in [6, 6.07) is 1.17. The number of piperidine rings is 1. The molecule has 126 valence electrons. The molecule has 0 amide bonds. The van der Waals surface area contributed by atoms with Gasteiger partial charge in [0.1, 0.15) is 5.01 Å². The molecular weight excluding hydrogens is 409 g/mol. The van der Waals surface area contributed by atoms with Crippen LogP contribution in [0.1, 0.15) is 36.6 Å². The molecule has 0 radical (unpaired) electrons. The zero-order chi connectivity index (χ0) is 15.2. The van der Waals surface area contributed by atoms with Gasteiger partial charge in [0, 0.05) is 43.3 Å². The Balaban J connectivity index is 0.00000242. The van der Waals surface area contributed by atoms with E-state index in [0.29, 0.717) is 12.1 Å². The van der Waals surface area contributed by atoms with E-state index in [1.165, 1.54) is 17.7 Å². The van der Waals surface area contributed by atoms with Crippen molar-refractivity contribution in [3.63, 3.8) is 0 Å². The highest BCUT2D eigenvalue weighted by molar-refractivity contribution is 14.0. The number of aromatic nitrogens is 1. The summed E-state index contributed by atoms with van der Waals surface area (Å²) in [6.45, 7) is 9.68. The third-order valence-electron chi connectivity index (χ3n) is 3.90. The minimum absolute atomic E-state index is 0. The van der Waals surface area contributed by atoms with E-state index in [2.05, 4.69) is 46.3 Å². The van der Waals surface area contributed by atoms with Crippen molar-refractivity contribution in [2.24, 2.45) is 4.99 Å². The fraction of sp³-hybridized carbons (Fsp3) is 0.733. The molecule has 2 rings (SSSR count). The lowest BCUT2D eigenvalue weighted by Gasteiger charge is -2.35. The zero-order valence-corrected chi connectivity index (χ0v) is 17.1. The van der Waals surface area contributed by atoms with Gasteiger partial charge in [0.25, 0.3) is 0 Å². The molecule has 1 aromatic heterocycles. The van der Waals surface area contributed by atoms with Crippen LogP contribution in [0.2, 0.25) is 0 Å². The van der Waals surface area contributed by atoms with Crippen LogP contribution in [-0.2, 0) is 6.54 Å². The Labute approximate surface area is 155 Å². The fourth-order valence-corrected chi connectivity index (χ4v) is 3.32. The molecule has 0 bridgehead atoms. The van der Waals surface area contributed by atoms with Crippen molar-refractivity contribution in [1.29, 1.82) is 0 Å². The molecule has 1 aromatic rings. The molecular formula is C15H28IN5S. The van der Waals surface area contributed by atoms with E-state index in [9.17, 15) is 0 Å². The van der Waals surface area contributed by atoms with Crippen LogP contribution in [0.3, 0.4) is 0 Å². The van der Waals surface area contributed by atoms with Crippen molar-refractivity contribution in [1.82, 2.24) is 20.5 Å². The van der Waals surface area contributed by atoms with Crippen LogP contribution in [0.15, 0.2) is 11.2 Å². The van der Waals surface area contributed by atoms with E-state index >= 15 is 0 Å². The topological polar surface area (TPSA) is 52.6 Å². The van der Waals surface area contributed by atoms with E-state index < -0.39 is 0 Å². The summed E-state index contributed by atoms with van der Waals surface area (Å²) >= 11 is 1.73. The Morgan fingerprint density at radius 3 is 2.64 bits per heavy atom. The Morgan fingerprint density at radius 1 is 1.45 bits per heavy atom. The molecule has 0 aromatic carbocycles. The predicted octanol–water partition coefficient (Wildman–Crippen LogP) is 2.61. The molecule has 1 aliphatic heterocycles. The summed E-state index contributed by atoms with van der Waals surface area (Å²) in [6.07, 6.45) is 4.27. The van der Waals surface area contributed by atoms with Crippen molar-refractivity contribution < 1.29 is 0 Å². The molecule has 2 N–H and O–H groups in total. The number of halogens is 1. The molecule has 0 saturated carbocycles. The normalized spacial score (nSPS) is 17.4. The van der Waals surface area contributed by atoms with Crippen molar-refractivity contribution >= 4 is 41.3 Å². The van der Waals surface area contributed by atoms with E-state index in [-0.39, 0.29) is 24.0 Å². The van der Waals surface area contributed by atoms with Crippen molar-refractivity contribution in [2.45, 2.75) is 52.2 Å². The van der Waals surface area contributed by atoms with Crippen LogP contribution in [0, 0.1) is 6.92 Å². The standard InChI is InChI=1S/C15H27N5S.HI/c1-11(2)20-7-5-13(6-8-20)19-15(16-4)18-10-14-17-9-12(3)21-14;/h9,11,13H,5-8,10H2,1-4H3,(H2,16,18,19);1H. The van der Waals surface area contributed by atoms with Gasteiger partial charge in [0.05, 0.1) is 6.54 Å². The third-order valence-corrected chi connectivity index (χ3v) is 4.81. The van der Waals surface area contributed by atoms with Gasteiger partial charge in [-0.05, 0) is 33.6 Å². The van der Waals surface area contributed by atoms with Crippen LogP contribution in [-0.4, -0.2) is 48.1 Å². The molecule has 2 heterocycles. The lowest BCUT2D eigenvalue weighted by atomic mass is 10.0. The van der Waals surface area contributed by atoms with E-state index in [4.69, 9.17) is 0 Å². The highest BCUT2D eigenvalue weighted by Crippen LogP contribution is 2.13. The molecule has 0 spiro atoms. The van der Waals surface area contributed by atoms with Gasteiger partial charge in [-0.1, -0.05) is 0 Å². The number of nitrogens with one attached hydrogen (secondary N) is 2. The van der Waals surface area contributed by atoms with Gasteiger partial charge in [0.15, 0.2) is 5.96 Å². The Kier molecular flexibility index (Phi) is 8.63. The van der Waals surface area contributed by atoms with Crippen LogP contribution < -0.4 is 10.6 Å². The highest BCUT2D eigenvalue weighted by Gasteiger charge is 2.21. The lowest BCUT2D eigenvalue weighted by Crippen LogP contribution is -2.49. The number of hydrogen-bond donors (Lipinski definition) is 2. The number of aryl methyl sites for hydroxylation is 1. The van der Waals surface area contributed by atoms with Crippen LogP contribution in [0.25, 0.3) is 0 Å². The average molecular weight is 437 g/mol. The van der Waals surface area contributed by atoms with Crippen molar-refractivity contribution in [2.75, 3.05) is 20.1 Å². The minimum Gasteiger partial charge on any atom is -0.354 e. The van der Waals surface area contributed by atoms with Gasteiger partial charge >= 0.3 is 0 Å². The van der Waals surface area contributed by atoms with Crippen LogP contribution in [0.5, 0.6) is 0 Å². The first-order valence-corrected chi connectivity index (χ1v) is 8.52. The first-order chi connectivity index (χ1) is 10.1. The van der Waals surface area contributed by atoms with Crippen molar-refractivity contribution in [3.05, 3.63) is 16.1 Å². The first kappa shape index (κ1) is 19.6. The SMILES string of the molecule is CN=C(NCc1ncc(C)s1)NC1CCN(C(C)C)CC1.I. The average Bonchev–Trinajstić information content (AvgIpc) is 2.89. The number of likely N-dealkylation sites (tertiary alicyclic amines) is 1. The summed E-state index contributed by atoms with van der Waals surface area (Å²) < 4.78 is 0. The van der Waals surface area contributed by atoms with Gasteiger partial charge in [-0.15, -0.1) is 35.3 Å². The second kappa shape index (κ2) is 9.67. The fourth-order valence-electron chi connectivity index (χ4n) is 2.59. The number of aliphatic imine (C=N–C) groups is 1. The maximum atomic E-state index is 4.36. The number of rotatable bonds is 4. The van der Waals surface area contributed by atoms with Crippen LogP contribution >= 0.6 is 35.3 Å². The van der Waals surface area contributed by atoms with Gasteiger partial charge < -0.3 is 15.5 Å². The molecule has 1 fully saturated rings. The molecule has 0 unspecified atom stereocenters. The van der Waals surface area contributed by atoms with E-state index in [1.807, 2.05) is 13.2 Å². The summed E-state index contributed by atoms with van der Waals surface area (Å²) in [5, 5.41) is 7.99. The summed E-state index contributed by atoms with van der Waals surface area (Å²) in [4.78, 5) is 12.5. The van der Waals surface area contributed by atoms with Gasteiger partial charge in [-0.25, -0.2) is 4.98 Å². The molecule has 0 atom stereocenters. The predicted molar refractivity (Wildman–Crippen MR) is 105 cm³/mol. The number of nitrogens with zero attached hydrogens (tertiary/aromatic N) is 3. The number of guanidine groups is 1. The van der Waals surface area contributed by atoms with Gasteiger partial charge in [0.2, 0.25) is 0 Å². The zero-order valence-electron chi connectivity index (χ0n) is 13.9. The lowest BCUT2D eigenvalue weighted by molar-refractivity contribution is 0.167. The molecule has 22 heavy (non-hydrogen) atoms. The summed E-state index contributed by atoms with van der Waals surface area (Å²) in [5.41, 5.74) is 0. The minimum atomic E-state index is 0. The molecule has 7 heteroatoms. The second-order valence-electron chi connectivity index (χ2n) is 5.84. The largest absolute Gasteiger partial charge is 0.354 e. The maximum absolute atomic E-state index is 4.36. The van der Waals surface area contributed by atoms with Gasteiger partial charge in [-0.3, -0.25) is 4.99 Å². The second-order valence-corrected chi connectivity index (χ2v) is 7.16.